The second-order valence-corrected chi connectivity index (χ2v) is 3.96. The van der Waals surface area contributed by atoms with Crippen LogP contribution in [0.1, 0.15) is 33.6 Å². The summed E-state index contributed by atoms with van der Waals surface area (Å²) < 4.78 is 35.9. The van der Waals surface area contributed by atoms with Gasteiger partial charge in [-0.25, -0.2) is 0 Å². The van der Waals surface area contributed by atoms with Crippen LogP contribution in [-0.2, 0) is 4.79 Å². The lowest BCUT2D eigenvalue weighted by atomic mass is 9.99. The van der Waals surface area contributed by atoms with E-state index in [2.05, 4.69) is 5.32 Å². The third-order valence-corrected chi connectivity index (χ3v) is 2.17. The number of nitrogens with two attached hydrogens (primary N) is 1. The molecular formula is C9H17F3N2O. The zero-order valence-electron chi connectivity index (χ0n) is 9.11. The molecule has 0 fully saturated rings. The van der Waals surface area contributed by atoms with Crippen LogP contribution in [0.3, 0.4) is 0 Å². The summed E-state index contributed by atoms with van der Waals surface area (Å²) in [4.78, 5) is 11.4. The molecule has 0 saturated heterocycles. The zero-order valence-corrected chi connectivity index (χ0v) is 9.11. The number of rotatable bonds is 4. The van der Waals surface area contributed by atoms with Crippen LogP contribution >= 0.6 is 0 Å². The fourth-order valence-electron chi connectivity index (χ4n) is 0.947. The normalized spacial score (nSPS) is 18.1. The predicted molar refractivity (Wildman–Crippen MR) is 51.2 cm³/mol. The van der Waals surface area contributed by atoms with Gasteiger partial charge < -0.3 is 11.1 Å². The van der Waals surface area contributed by atoms with Gasteiger partial charge in [0.25, 0.3) is 0 Å². The van der Waals surface area contributed by atoms with E-state index in [4.69, 9.17) is 5.73 Å². The molecule has 0 bridgehead atoms. The Balaban J connectivity index is 4.20. The van der Waals surface area contributed by atoms with Crippen LogP contribution in [0.4, 0.5) is 13.2 Å². The van der Waals surface area contributed by atoms with Gasteiger partial charge in [0.1, 0.15) is 0 Å². The summed E-state index contributed by atoms with van der Waals surface area (Å²) in [5.41, 5.74) is 4.47. The third kappa shape index (κ3) is 5.61. The highest BCUT2D eigenvalue weighted by molar-refractivity contribution is 5.85. The van der Waals surface area contributed by atoms with Gasteiger partial charge >= 0.3 is 6.18 Å². The van der Waals surface area contributed by atoms with Crippen molar-refractivity contribution in [3.63, 3.8) is 0 Å². The number of carbonyl (C=O) groups excluding carboxylic acids is 1. The van der Waals surface area contributed by atoms with Gasteiger partial charge in [-0.15, -0.1) is 0 Å². The molecular weight excluding hydrogens is 209 g/mol. The molecule has 1 amide bonds. The lowest BCUT2D eigenvalue weighted by Crippen LogP contribution is -2.53. The second kappa shape index (κ2) is 4.83. The predicted octanol–water partition coefficient (Wildman–Crippen LogP) is 1.57. The quantitative estimate of drug-likeness (QED) is 0.764. The van der Waals surface area contributed by atoms with Crippen molar-refractivity contribution in [3.05, 3.63) is 0 Å². The van der Waals surface area contributed by atoms with Crippen LogP contribution in [-0.4, -0.2) is 23.7 Å². The Bertz CT molecular complexity index is 226. The Morgan fingerprint density at radius 3 is 2.27 bits per heavy atom. The van der Waals surface area contributed by atoms with Gasteiger partial charge in [-0.1, -0.05) is 6.92 Å². The van der Waals surface area contributed by atoms with Crippen molar-refractivity contribution in [1.82, 2.24) is 5.32 Å². The molecule has 0 heterocycles. The van der Waals surface area contributed by atoms with E-state index in [1.54, 1.807) is 6.92 Å². The fraction of sp³-hybridized carbons (Fsp3) is 0.889. The van der Waals surface area contributed by atoms with Crippen molar-refractivity contribution in [2.45, 2.75) is 51.4 Å². The number of halogens is 3. The number of amides is 1. The highest BCUT2D eigenvalue weighted by Gasteiger charge is 2.33. The van der Waals surface area contributed by atoms with Gasteiger partial charge in [0.2, 0.25) is 5.91 Å². The molecule has 0 rings (SSSR count). The molecule has 0 spiro atoms. The highest BCUT2D eigenvalue weighted by atomic mass is 19.4. The van der Waals surface area contributed by atoms with Gasteiger partial charge in [0.05, 0.1) is 12.0 Å². The summed E-state index contributed by atoms with van der Waals surface area (Å²) in [6.45, 7) is 4.49. The summed E-state index contributed by atoms with van der Waals surface area (Å²) in [5.74, 6) is -0.554. The highest BCUT2D eigenvalue weighted by Crippen LogP contribution is 2.21. The smallest absolute Gasteiger partial charge is 0.352 e. The number of hydrogen-bond acceptors (Lipinski definition) is 2. The molecule has 0 aromatic heterocycles. The average Bonchev–Trinajstić information content (AvgIpc) is 2.00. The van der Waals surface area contributed by atoms with E-state index in [0.717, 1.165) is 0 Å². The lowest BCUT2D eigenvalue weighted by Gasteiger charge is -2.24. The maximum atomic E-state index is 12.0. The molecule has 0 aromatic rings. The number of alkyl halides is 3. The molecule has 0 aliphatic heterocycles. The first-order valence-corrected chi connectivity index (χ1v) is 4.75. The minimum atomic E-state index is -4.27. The Kier molecular flexibility index (Phi) is 4.58. The van der Waals surface area contributed by atoms with Crippen molar-refractivity contribution in [1.29, 1.82) is 0 Å². The molecule has 2 unspecified atom stereocenters. The topological polar surface area (TPSA) is 55.1 Å². The average molecular weight is 226 g/mol. The third-order valence-electron chi connectivity index (χ3n) is 2.17. The van der Waals surface area contributed by atoms with Crippen LogP contribution in [0, 0.1) is 0 Å². The first kappa shape index (κ1) is 14.2. The van der Waals surface area contributed by atoms with E-state index >= 15 is 0 Å². The van der Waals surface area contributed by atoms with Crippen molar-refractivity contribution in [3.8, 4) is 0 Å². The van der Waals surface area contributed by atoms with E-state index < -0.39 is 30.1 Å². The standard InChI is InChI=1S/C9H17F3N2O/c1-4-8(3,13)7(15)14-6(2)5-9(10,11)12/h6H,4-5,13H2,1-3H3,(H,14,15). The minimum absolute atomic E-state index is 0.373. The number of hydrogen-bond donors (Lipinski definition) is 2. The summed E-state index contributed by atoms with van der Waals surface area (Å²) in [7, 11) is 0. The summed E-state index contributed by atoms with van der Waals surface area (Å²) in [6.07, 6.45) is -4.94. The van der Waals surface area contributed by atoms with Gasteiger partial charge in [-0.3, -0.25) is 4.79 Å². The van der Waals surface area contributed by atoms with Crippen LogP contribution in [0.25, 0.3) is 0 Å². The molecule has 0 aliphatic rings. The summed E-state index contributed by atoms with van der Waals surface area (Å²) in [6, 6.07) is -0.952. The van der Waals surface area contributed by atoms with Gasteiger partial charge in [-0.05, 0) is 20.3 Å². The summed E-state index contributed by atoms with van der Waals surface area (Å²) >= 11 is 0. The Morgan fingerprint density at radius 1 is 1.47 bits per heavy atom. The first-order chi connectivity index (χ1) is 6.58. The lowest BCUT2D eigenvalue weighted by molar-refractivity contribution is -0.142. The number of nitrogens with one attached hydrogen (secondary N) is 1. The van der Waals surface area contributed by atoms with Crippen LogP contribution in [0.15, 0.2) is 0 Å². The molecule has 0 aliphatic carbocycles. The van der Waals surface area contributed by atoms with E-state index in [1.807, 2.05) is 0 Å². The molecule has 3 nitrogen and oxygen atoms in total. The molecule has 90 valence electrons. The Morgan fingerprint density at radius 2 is 1.93 bits per heavy atom. The van der Waals surface area contributed by atoms with Crippen LogP contribution < -0.4 is 11.1 Å². The van der Waals surface area contributed by atoms with Gasteiger partial charge in [-0.2, -0.15) is 13.2 Å². The molecule has 0 saturated carbocycles. The van der Waals surface area contributed by atoms with E-state index in [-0.39, 0.29) is 0 Å². The van der Waals surface area contributed by atoms with E-state index in [0.29, 0.717) is 6.42 Å². The van der Waals surface area contributed by atoms with Crippen molar-refractivity contribution < 1.29 is 18.0 Å². The maximum Gasteiger partial charge on any atom is 0.391 e. The van der Waals surface area contributed by atoms with E-state index in [9.17, 15) is 18.0 Å². The van der Waals surface area contributed by atoms with Crippen molar-refractivity contribution in [2.75, 3.05) is 0 Å². The molecule has 6 heteroatoms. The number of carbonyl (C=O) groups is 1. The molecule has 15 heavy (non-hydrogen) atoms. The Labute approximate surface area is 87.2 Å². The Hall–Kier alpha value is -0.780. The fourth-order valence-corrected chi connectivity index (χ4v) is 0.947. The van der Waals surface area contributed by atoms with Crippen molar-refractivity contribution >= 4 is 5.91 Å². The first-order valence-electron chi connectivity index (χ1n) is 4.75. The molecule has 0 aromatic carbocycles. The second-order valence-electron chi connectivity index (χ2n) is 3.96. The van der Waals surface area contributed by atoms with E-state index in [1.165, 1.54) is 13.8 Å². The zero-order chi connectivity index (χ0) is 12.3. The molecule has 3 N–H and O–H groups in total. The SMILES string of the molecule is CCC(C)(N)C(=O)NC(C)CC(F)(F)F. The maximum absolute atomic E-state index is 12.0. The van der Waals surface area contributed by atoms with Gasteiger partial charge in [0.15, 0.2) is 0 Å². The molecule has 0 radical (unpaired) electrons. The minimum Gasteiger partial charge on any atom is -0.352 e. The molecule has 2 atom stereocenters. The monoisotopic (exact) mass is 226 g/mol. The van der Waals surface area contributed by atoms with Crippen molar-refractivity contribution in [2.24, 2.45) is 5.73 Å². The van der Waals surface area contributed by atoms with Crippen LogP contribution in [0.5, 0.6) is 0 Å². The van der Waals surface area contributed by atoms with Crippen LogP contribution in [0.2, 0.25) is 0 Å². The largest absolute Gasteiger partial charge is 0.391 e. The summed E-state index contributed by atoms with van der Waals surface area (Å²) in [5, 5.41) is 2.24. The van der Waals surface area contributed by atoms with Gasteiger partial charge in [0, 0.05) is 6.04 Å².